The number of carboxylic acids is 1. The van der Waals surface area contributed by atoms with Gasteiger partial charge in [0.1, 0.15) is 0 Å². The van der Waals surface area contributed by atoms with Crippen LogP contribution in [0.15, 0.2) is 24.3 Å². The highest BCUT2D eigenvalue weighted by Gasteiger charge is 2.35. The van der Waals surface area contributed by atoms with Gasteiger partial charge in [0.05, 0.1) is 5.92 Å². The van der Waals surface area contributed by atoms with Crippen molar-refractivity contribution in [1.82, 2.24) is 0 Å². The quantitative estimate of drug-likeness (QED) is 0.900. The molecular formula is C16H19NO3. The molecule has 0 bridgehead atoms. The summed E-state index contributed by atoms with van der Waals surface area (Å²) in [7, 11) is 0. The number of rotatable bonds is 2. The van der Waals surface area contributed by atoms with Crippen LogP contribution in [0.2, 0.25) is 0 Å². The summed E-state index contributed by atoms with van der Waals surface area (Å²) in [5.41, 5.74) is 2.22. The van der Waals surface area contributed by atoms with Crippen LogP contribution in [-0.4, -0.2) is 23.5 Å². The molecule has 2 aliphatic rings. The maximum atomic E-state index is 12.7. The molecule has 1 aromatic carbocycles. The topological polar surface area (TPSA) is 57.6 Å². The fraction of sp³-hybridized carbons (Fsp3) is 0.500. The van der Waals surface area contributed by atoms with E-state index in [1.165, 1.54) is 5.56 Å². The number of carbonyl (C=O) groups excluding carboxylic acids is 1. The first-order chi connectivity index (χ1) is 9.66. The van der Waals surface area contributed by atoms with Crippen molar-refractivity contribution in [3.05, 3.63) is 29.8 Å². The minimum atomic E-state index is -0.760. The normalized spacial score (nSPS) is 25.3. The maximum Gasteiger partial charge on any atom is 0.306 e. The Kier molecular flexibility index (Phi) is 3.47. The number of nitrogens with zero attached hydrogens (tertiary/aromatic N) is 1. The van der Waals surface area contributed by atoms with Gasteiger partial charge in [0.2, 0.25) is 5.91 Å². The average Bonchev–Trinajstić information content (AvgIpc) is 2.90. The van der Waals surface area contributed by atoms with E-state index in [-0.39, 0.29) is 17.7 Å². The number of amides is 1. The molecule has 0 spiro atoms. The summed E-state index contributed by atoms with van der Waals surface area (Å²) >= 11 is 0. The lowest BCUT2D eigenvalue weighted by atomic mass is 9.80. The number of carboxylic acid groups (broad SMARTS) is 1. The number of aliphatic carboxylic acids is 1. The number of benzene rings is 1. The summed E-state index contributed by atoms with van der Waals surface area (Å²) in [6, 6.07) is 7.99. The molecule has 20 heavy (non-hydrogen) atoms. The molecule has 1 fully saturated rings. The highest BCUT2D eigenvalue weighted by atomic mass is 16.4. The predicted octanol–water partition coefficient (Wildman–Crippen LogP) is 2.47. The third kappa shape index (κ3) is 2.30. The van der Waals surface area contributed by atoms with E-state index in [1.54, 1.807) is 0 Å². The van der Waals surface area contributed by atoms with Gasteiger partial charge >= 0.3 is 5.97 Å². The van der Waals surface area contributed by atoms with Crippen molar-refractivity contribution in [2.45, 2.75) is 32.1 Å². The molecular weight excluding hydrogens is 254 g/mol. The Hall–Kier alpha value is -1.84. The third-order valence-corrected chi connectivity index (χ3v) is 4.53. The van der Waals surface area contributed by atoms with E-state index in [2.05, 4.69) is 6.07 Å². The second-order valence-electron chi connectivity index (χ2n) is 5.77. The smallest absolute Gasteiger partial charge is 0.306 e. The van der Waals surface area contributed by atoms with Gasteiger partial charge in [-0.05, 0) is 37.3 Å². The van der Waals surface area contributed by atoms with Crippen molar-refractivity contribution >= 4 is 17.6 Å². The first kappa shape index (κ1) is 13.2. The van der Waals surface area contributed by atoms with Gasteiger partial charge in [-0.2, -0.15) is 0 Å². The molecule has 1 aliphatic carbocycles. The van der Waals surface area contributed by atoms with Gasteiger partial charge in [-0.25, -0.2) is 0 Å². The van der Waals surface area contributed by atoms with E-state index in [4.69, 9.17) is 5.11 Å². The fourth-order valence-corrected chi connectivity index (χ4v) is 3.43. The van der Waals surface area contributed by atoms with Crippen molar-refractivity contribution in [1.29, 1.82) is 0 Å². The summed E-state index contributed by atoms with van der Waals surface area (Å²) in [4.78, 5) is 25.6. The van der Waals surface area contributed by atoms with Gasteiger partial charge in [-0.15, -0.1) is 0 Å². The van der Waals surface area contributed by atoms with E-state index in [1.807, 2.05) is 23.1 Å². The van der Waals surface area contributed by atoms with Gasteiger partial charge in [0.15, 0.2) is 0 Å². The van der Waals surface area contributed by atoms with Crippen LogP contribution in [0.3, 0.4) is 0 Å². The van der Waals surface area contributed by atoms with Crippen LogP contribution in [0.4, 0.5) is 5.69 Å². The molecule has 0 radical (unpaired) electrons. The van der Waals surface area contributed by atoms with E-state index in [9.17, 15) is 9.59 Å². The zero-order chi connectivity index (χ0) is 14.1. The highest BCUT2D eigenvalue weighted by Crippen LogP contribution is 2.34. The van der Waals surface area contributed by atoms with Gasteiger partial charge in [0.25, 0.3) is 0 Å². The molecule has 0 saturated heterocycles. The fourth-order valence-electron chi connectivity index (χ4n) is 3.43. The number of fused-ring (bicyclic) bond motifs is 1. The molecule has 2 atom stereocenters. The lowest BCUT2D eigenvalue weighted by molar-refractivity contribution is -0.143. The number of hydrogen-bond donors (Lipinski definition) is 1. The van der Waals surface area contributed by atoms with Crippen LogP contribution in [0.25, 0.3) is 0 Å². The molecule has 1 amide bonds. The van der Waals surface area contributed by atoms with Crippen LogP contribution in [0.5, 0.6) is 0 Å². The Morgan fingerprint density at radius 3 is 2.70 bits per heavy atom. The van der Waals surface area contributed by atoms with Gasteiger partial charge in [-0.1, -0.05) is 24.6 Å². The molecule has 1 aliphatic heterocycles. The molecule has 1 heterocycles. The standard InChI is InChI=1S/C16H19NO3/c18-15(12-5-3-6-13(10-12)16(19)20)17-9-8-11-4-1-2-7-14(11)17/h1-2,4,7,12-13H,3,5-6,8-10H2,(H,19,20)/t12-,13-/m0/s1. The Morgan fingerprint density at radius 2 is 1.90 bits per heavy atom. The van der Waals surface area contributed by atoms with E-state index in [0.717, 1.165) is 31.5 Å². The lowest BCUT2D eigenvalue weighted by Crippen LogP contribution is -2.38. The zero-order valence-corrected chi connectivity index (χ0v) is 11.4. The van der Waals surface area contributed by atoms with Gasteiger partial charge < -0.3 is 10.0 Å². The highest BCUT2D eigenvalue weighted by molar-refractivity contribution is 5.97. The third-order valence-electron chi connectivity index (χ3n) is 4.53. The number of anilines is 1. The number of hydrogen-bond acceptors (Lipinski definition) is 2. The lowest BCUT2D eigenvalue weighted by Gasteiger charge is -2.29. The van der Waals surface area contributed by atoms with Crippen LogP contribution in [0, 0.1) is 11.8 Å². The monoisotopic (exact) mass is 273 g/mol. The van der Waals surface area contributed by atoms with Crippen molar-refractivity contribution in [2.24, 2.45) is 11.8 Å². The predicted molar refractivity (Wildman–Crippen MR) is 75.6 cm³/mol. The van der Waals surface area contributed by atoms with E-state index in [0.29, 0.717) is 12.8 Å². The van der Waals surface area contributed by atoms with Gasteiger partial charge in [0, 0.05) is 18.2 Å². The SMILES string of the molecule is O=C(O)[C@H]1CCC[C@H](C(=O)N2CCc3ccccc32)C1. The Morgan fingerprint density at radius 1 is 1.15 bits per heavy atom. The Labute approximate surface area is 118 Å². The molecule has 3 rings (SSSR count). The molecule has 1 aromatic rings. The number of carbonyl (C=O) groups is 2. The Balaban J connectivity index is 1.75. The van der Waals surface area contributed by atoms with Crippen molar-refractivity contribution in [2.75, 3.05) is 11.4 Å². The van der Waals surface area contributed by atoms with E-state index >= 15 is 0 Å². The van der Waals surface area contributed by atoms with Crippen LogP contribution in [-0.2, 0) is 16.0 Å². The van der Waals surface area contributed by atoms with Crippen molar-refractivity contribution < 1.29 is 14.7 Å². The second kappa shape index (κ2) is 5.27. The molecule has 4 nitrogen and oxygen atoms in total. The van der Waals surface area contributed by atoms with Crippen LogP contribution < -0.4 is 4.90 Å². The van der Waals surface area contributed by atoms with Crippen molar-refractivity contribution in [3.8, 4) is 0 Å². The van der Waals surface area contributed by atoms with E-state index < -0.39 is 5.97 Å². The molecule has 0 aromatic heterocycles. The minimum absolute atomic E-state index is 0.112. The molecule has 4 heteroatoms. The molecule has 1 N–H and O–H groups in total. The first-order valence-corrected chi connectivity index (χ1v) is 7.29. The summed E-state index contributed by atoms with van der Waals surface area (Å²) in [6.45, 7) is 0.729. The number of para-hydroxylation sites is 1. The van der Waals surface area contributed by atoms with Crippen LogP contribution >= 0.6 is 0 Å². The van der Waals surface area contributed by atoms with Crippen LogP contribution in [0.1, 0.15) is 31.2 Å². The summed E-state index contributed by atoms with van der Waals surface area (Å²) in [5.74, 6) is -1.13. The van der Waals surface area contributed by atoms with Gasteiger partial charge in [-0.3, -0.25) is 9.59 Å². The summed E-state index contributed by atoms with van der Waals surface area (Å²) in [5, 5.41) is 9.14. The van der Waals surface area contributed by atoms with Crippen molar-refractivity contribution in [3.63, 3.8) is 0 Å². The average molecular weight is 273 g/mol. The molecule has 0 unspecified atom stereocenters. The zero-order valence-electron chi connectivity index (χ0n) is 11.4. The first-order valence-electron chi connectivity index (χ1n) is 7.29. The molecule has 1 saturated carbocycles. The second-order valence-corrected chi connectivity index (χ2v) is 5.77. The largest absolute Gasteiger partial charge is 0.481 e. The maximum absolute atomic E-state index is 12.7. The minimum Gasteiger partial charge on any atom is -0.481 e. The Bertz CT molecular complexity index is 540. The summed E-state index contributed by atoms with van der Waals surface area (Å²) < 4.78 is 0. The summed E-state index contributed by atoms with van der Waals surface area (Å²) in [6.07, 6.45) is 3.75. The molecule has 106 valence electrons.